The second-order valence-corrected chi connectivity index (χ2v) is 7.48. The van der Waals surface area contributed by atoms with Crippen LogP contribution in [0, 0.1) is 5.82 Å². The van der Waals surface area contributed by atoms with Crippen molar-refractivity contribution in [1.29, 1.82) is 0 Å². The van der Waals surface area contributed by atoms with Crippen LogP contribution in [0.4, 0.5) is 15.8 Å². The number of piperazine rings is 1. The van der Waals surface area contributed by atoms with Crippen molar-refractivity contribution < 1.29 is 14.0 Å². The molecule has 0 aliphatic carbocycles. The zero-order chi connectivity index (χ0) is 20.8. The fourth-order valence-electron chi connectivity index (χ4n) is 3.26. The Morgan fingerprint density at radius 1 is 1.03 bits per heavy atom. The van der Waals surface area contributed by atoms with Crippen molar-refractivity contribution >= 4 is 34.8 Å². The molecule has 29 heavy (non-hydrogen) atoms. The van der Waals surface area contributed by atoms with Crippen molar-refractivity contribution in [1.82, 2.24) is 9.80 Å². The van der Waals surface area contributed by atoms with Gasteiger partial charge in [-0.1, -0.05) is 23.7 Å². The third kappa shape index (κ3) is 6.25. The summed E-state index contributed by atoms with van der Waals surface area (Å²) in [6.45, 7) is 4.80. The van der Waals surface area contributed by atoms with Crippen LogP contribution in [0.1, 0.15) is 6.92 Å². The van der Waals surface area contributed by atoms with E-state index in [1.54, 1.807) is 36.4 Å². The van der Waals surface area contributed by atoms with Crippen LogP contribution in [0.25, 0.3) is 0 Å². The summed E-state index contributed by atoms with van der Waals surface area (Å²) in [5, 5.41) is 6.16. The molecule has 0 unspecified atom stereocenters. The number of nitrogens with zero attached hydrogens (tertiary/aromatic N) is 2. The summed E-state index contributed by atoms with van der Waals surface area (Å²) in [7, 11) is 0. The van der Waals surface area contributed by atoms with Gasteiger partial charge in [-0.05, 0) is 43.3 Å². The molecule has 0 aromatic heterocycles. The van der Waals surface area contributed by atoms with E-state index >= 15 is 0 Å². The predicted molar refractivity (Wildman–Crippen MR) is 113 cm³/mol. The summed E-state index contributed by atoms with van der Waals surface area (Å²) in [5.74, 6) is -0.665. The average molecular weight is 419 g/mol. The summed E-state index contributed by atoms with van der Waals surface area (Å²) in [6.07, 6.45) is 0. The van der Waals surface area contributed by atoms with E-state index < -0.39 is 0 Å². The normalized spacial score (nSPS) is 16.2. The highest BCUT2D eigenvalue weighted by Crippen LogP contribution is 2.16. The average Bonchev–Trinajstić information content (AvgIpc) is 2.68. The maximum atomic E-state index is 13.2. The molecular weight excluding hydrogens is 395 g/mol. The van der Waals surface area contributed by atoms with Gasteiger partial charge in [-0.25, -0.2) is 4.39 Å². The quantitative estimate of drug-likeness (QED) is 0.756. The number of nitrogens with one attached hydrogen (secondary N) is 2. The van der Waals surface area contributed by atoms with Crippen LogP contribution in [0.2, 0.25) is 5.02 Å². The van der Waals surface area contributed by atoms with Gasteiger partial charge in [0.2, 0.25) is 11.8 Å². The Hall–Kier alpha value is -2.48. The Balaban J connectivity index is 1.44. The first-order chi connectivity index (χ1) is 13.9. The van der Waals surface area contributed by atoms with Crippen molar-refractivity contribution in [2.45, 2.75) is 13.0 Å². The molecule has 1 aliphatic rings. The van der Waals surface area contributed by atoms with Crippen LogP contribution >= 0.6 is 11.6 Å². The first-order valence-corrected chi connectivity index (χ1v) is 9.87. The molecular formula is C21H24ClFN4O2. The Bertz CT molecular complexity index is 871. The van der Waals surface area contributed by atoms with E-state index in [4.69, 9.17) is 11.6 Å². The van der Waals surface area contributed by atoms with Gasteiger partial charge >= 0.3 is 0 Å². The summed E-state index contributed by atoms with van der Waals surface area (Å²) < 4.78 is 13.2. The molecule has 0 radical (unpaired) electrons. The second-order valence-electron chi connectivity index (χ2n) is 7.05. The SMILES string of the molecule is C[C@@H](C(=O)Nc1cccc(Cl)c1)N1CCN(CC(=O)Nc2cccc(F)c2)CC1. The molecule has 2 aromatic carbocycles. The van der Waals surface area contributed by atoms with Gasteiger partial charge in [-0.3, -0.25) is 19.4 Å². The highest BCUT2D eigenvalue weighted by molar-refractivity contribution is 6.30. The number of benzene rings is 2. The molecule has 1 aliphatic heterocycles. The third-order valence-corrected chi connectivity index (χ3v) is 5.14. The van der Waals surface area contributed by atoms with Crippen molar-refractivity contribution in [2.75, 3.05) is 43.4 Å². The lowest BCUT2D eigenvalue weighted by Crippen LogP contribution is -2.53. The lowest BCUT2D eigenvalue weighted by Gasteiger charge is -2.37. The first kappa shape index (κ1) is 21.2. The molecule has 1 saturated heterocycles. The number of hydrogen-bond donors (Lipinski definition) is 2. The minimum atomic E-state index is -0.388. The van der Waals surface area contributed by atoms with E-state index in [-0.39, 0.29) is 30.2 Å². The Labute approximate surface area is 174 Å². The van der Waals surface area contributed by atoms with Gasteiger partial charge in [-0.15, -0.1) is 0 Å². The molecule has 2 aromatic rings. The van der Waals surface area contributed by atoms with Gasteiger partial charge in [0, 0.05) is 42.6 Å². The Morgan fingerprint density at radius 3 is 2.34 bits per heavy atom. The number of carbonyl (C=O) groups is 2. The topological polar surface area (TPSA) is 64.7 Å². The molecule has 1 heterocycles. The number of amides is 2. The molecule has 3 rings (SSSR count). The standard InChI is InChI=1S/C21H24ClFN4O2/c1-15(21(29)25-18-6-2-4-16(22)12-18)27-10-8-26(9-11-27)14-20(28)24-19-7-3-5-17(23)13-19/h2-7,12-13,15H,8-11,14H2,1H3,(H,24,28)(H,25,29)/t15-/m0/s1. The molecule has 1 atom stereocenters. The Kier molecular flexibility index (Phi) is 7.19. The molecule has 154 valence electrons. The first-order valence-electron chi connectivity index (χ1n) is 9.49. The highest BCUT2D eigenvalue weighted by Gasteiger charge is 2.26. The highest BCUT2D eigenvalue weighted by atomic mass is 35.5. The summed E-state index contributed by atoms with van der Waals surface area (Å²) in [6, 6.07) is 12.6. The van der Waals surface area contributed by atoms with Crippen LogP contribution in [0.15, 0.2) is 48.5 Å². The molecule has 2 N–H and O–H groups in total. The van der Waals surface area contributed by atoms with E-state index in [9.17, 15) is 14.0 Å². The number of halogens is 2. The third-order valence-electron chi connectivity index (χ3n) is 4.90. The van der Waals surface area contributed by atoms with Gasteiger partial charge in [-0.2, -0.15) is 0 Å². The second kappa shape index (κ2) is 9.82. The van der Waals surface area contributed by atoms with Crippen molar-refractivity contribution in [3.05, 3.63) is 59.4 Å². The van der Waals surface area contributed by atoms with Gasteiger partial charge in [0.1, 0.15) is 5.82 Å². The van der Waals surface area contributed by atoms with E-state index in [1.165, 1.54) is 12.1 Å². The Morgan fingerprint density at radius 2 is 1.69 bits per heavy atom. The van der Waals surface area contributed by atoms with E-state index in [0.717, 1.165) is 0 Å². The van der Waals surface area contributed by atoms with Crippen LogP contribution in [-0.2, 0) is 9.59 Å². The monoisotopic (exact) mass is 418 g/mol. The van der Waals surface area contributed by atoms with Gasteiger partial charge in [0.05, 0.1) is 12.6 Å². The fraction of sp³-hybridized carbons (Fsp3) is 0.333. The smallest absolute Gasteiger partial charge is 0.241 e. The van der Waals surface area contributed by atoms with Crippen LogP contribution in [-0.4, -0.2) is 60.4 Å². The zero-order valence-corrected chi connectivity index (χ0v) is 17.0. The van der Waals surface area contributed by atoms with E-state index in [0.29, 0.717) is 42.6 Å². The lowest BCUT2D eigenvalue weighted by atomic mass is 10.2. The minimum Gasteiger partial charge on any atom is -0.325 e. The largest absolute Gasteiger partial charge is 0.325 e. The molecule has 1 fully saturated rings. The van der Waals surface area contributed by atoms with Crippen molar-refractivity contribution in [3.63, 3.8) is 0 Å². The molecule has 0 spiro atoms. The molecule has 0 saturated carbocycles. The van der Waals surface area contributed by atoms with Crippen LogP contribution in [0.5, 0.6) is 0 Å². The predicted octanol–water partition coefficient (Wildman–Crippen LogP) is 3.06. The molecule has 8 heteroatoms. The lowest BCUT2D eigenvalue weighted by molar-refractivity contribution is -0.122. The van der Waals surface area contributed by atoms with E-state index in [1.807, 2.05) is 11.8 Å². The summed E-state index contributed by atoms with van der Waals surface area (Å²) in [5.41, 5.74) is 1.11. The number of hydrogen-bond acceptors (Lipinski definition) is 4. The maximum Gasteiger partial charge on any atom is 0.241 e. The number of carbonyl (C=O) groups excluding carboxylic acids is 2. The minimum absolute atomic E-state index is 0.0930. The van der Waals surface area contributed by atoms with Crippen LogP contribution < -0.4 is 10.6 Å². The number of anilines is 2. The fourth-order valence-corrected chi connectivity index (χ4v) is 3.45. The molecule has 6 nitrogen and oxygen atoms in total. The maximum absolute atomic E-state index is 13.2. The van der Waals surface area contributed by atoms with Crippen molar-refractivity contribution in [3.8, 4) is 0 Å². The van der Waals surface area contributed by atoms with Gasteiger partial charge in [0.15, 0.2) is 0 Å². The molecule has 0 bridgehead atoms. The van der Waals surface area contributed by atoms with E-state index in [2.05, 4.69) is 15.5 Å². The summed E-state index contributed by atoms with van der Waals surface area (Å²) in [4.78, 5) is 28.8. The van der Waals surface area contributed by atoms with Crippen molar-refractivity contribution in [2.24, 2.45) is 0 Å². The number of rotatable bonds is 6. The van der Waals surface area contributed by atoms with Gasteiger partial charge < -0.3 is 10.6 Å². The zero-order valence-electron chi connectivity index (χ0n) is 16.2. The molecule has 2 amide bonds. The van der Waals surface area contributed by atoms with Crippen LogP contribution in [0.3, 0.4) is 0 Å². The summed E-state index contributed by atoms with van der Waals surface area (Å²) >= 11 is 5.95. The van der Waals surface area contributed by atoms with Gasteiger partial charge in [0.25, 0.3) is 0 Å².